The second-order valence-corrected chi connectivity index (χ2v) is 4.27. The third-order valence-corrected chi connectivity index (χ3v) is 2.99. The molecule has 0 saturated carbocycles. The van der Waals surface area contributed by atoms with Crippen molar-refractivity contribution in [1.82, 2.24) is 0 Å². The Morgan fingerprint density at radius 3 is 2.61 bits per heavy atom. The molecule has 0 amide bonds. The predicted molar refractivity (Wildman–Crippen MR) is 68.4 cm³/mol. The van der Waals surface area contributed by atoms with Gasteiger partial charge in [0.1, 0.15) is 6.29 Å². The SMILES string of the molecule is Cc1cc(O)c(F)c(C)c1-c1cccc(C=O)c1. The van der Waals surface area contributed by atoms with Crippen molar-refractivity contribution in [2.75, 3.05) is 0 Å². The van der Waals surface area contributed by atoms with E-state index in [2.05, 4.69) is 0 Å². The largest absolute Gasteiger partial charge is 0.505 e. The molecular formula is C15H13FO2. The number of phenols is 1. The summed E-state index contributed by atoms with van der Waals surface area (Å²) in [6, 6.07) is 8.36. The monoisotopic (exact) mass is 244 g/mol. The molecule has 2 rings (SSSR count). The van der Waals surface area contributed by atoms with E-state index in [-0.39, 0.29) is 5.75 Å². The molecule has 0 aliphatic heterocycles. The van der Waals surface area contributed by atoms with Crippen LogP contribution in [0.25, 0.3) is 11.1 Å². The summed E-state index contributed by atoms with van der Waals surface area (Å²) in [6.07, 6.45) is 0.755. The summed E-state index contributed by atoms with van der Waals surface area (Å²) in [4.78, 5) is 10.8. The fourth-order valence-electron chi connectivity index (χ4n) is 2.15. The van der Waals surface area contributed by atoms with E-state index in [9.17, 15) is 14.3 Å². The molecule has 0 fully saturated rings. The van der Waals surface area contributed by atoms with Gasteiger partial charge >= 0.3 is 0 Å². The molecule has 1 N–H and O–H groups in total. The summed E-state index contributed by atoms with van der Waals surface area (Å²) in [6.45, 7) is 3.42. The van der Waals surface area contributed by atoms with Crippen LogP contribution in [-0.2, 0) is 0 Å². The van der Waals surface area contributed by atoms with Crippen molar-refractivity contribution in [3.8, 4) is 16.9 Å². The maximum Gasteiger partial charge on any atom is 0.168 e. The Morgan fingerprint density at radius 2 is 1.94 bits per heavy atom. The van der Waals surface area contributed by atoms with Gasteiger partial charge in [0.15, 0.2) is 11.6 Å². The van der Waals surface area contributed by atoms with Gasteiger partial charge in [-0.2, -0.15) is 0 Å². The highest BCUT2D eigenvalue weighted by atomic mass is 19.1. The maximum atomic E-state index is 13.7. The van der Waals surface area contributed by atoms with Gasteiger partial charge < -0.3 is 5.11 Å². The number of benzene rings is 2. The van der Waals surface area contributed by atoms with Crippen LogP contribution < -0.4 is 0 Å². The lowest BCUT2D eigenvalue weighted by molar-refractivity contribution is 0.112. The smallest absolute Gasteiger partial charge is 0.168 e. The molecule has 18 heavy (non-hydrogen) atoms. The molecule has 0 spiro atoms. The van der Waals surface area contributed by atoms with Gasteiger partial charge in [-0.25, -0.2) is 4.39 Å². The van der Waals surface area contributed by atoms with Crippen LogP contribution in [0.4, 0.5) is 4.39 Å². The molecule has 0 radical (unpaired) electrons. The first kappa shape index (κ1) is 12.3. The van der Waals surface area contributed by atoms with Gasteiger partial charge in [-0.05, 0) is 48.2 Å². The molecule has 2 nitrogen and oxygen atoms in total. The van der Waals surface area contributed by atoms with Gasteiger partial charge in [-0.3, -0.25) is 4.79 Å². The van der Waals surface area contributed by atoms with Crippen LogP contribution in [0.2, 0.25) is 0 Å². The molecule has 0 aromatic heterocycles. The zero-order valence-corrected chi connectivity index (χ0v) is 10.2. The summed E-state index contributed by atoms with van der Waals surface area (Å²) >= 11 is 0. The van der Waals surface area contributed by atoms with Crippen LogP contribution in [0.3, 0.4) is 0 Å². The number of carbonyl (C=O) groups excluding carboxylic acids is 1. The average Bonchev–Trinajstić information content (AvgIpc) is 2.36. The molecular weight excluding hydrogens is 231 g/mol. The Bertz CT molecular complexity index is 618. The van der Waals surface area contributed by atoms with E-state index in [0.29, 0.717) is 16.7 Å². The third-order valence-electron chi connectivity index (χ3n) is 2.99. The van der Waals surface area contributed by atoms with Crippen molar-refractivity contribution in [1.29, 1.82) is 0 Å². The molecule has 0 bridgehead atoms. The minimum atomic E-state index is -0.618. The van der Waals surface area contributed by atoms with Gasteiger partial charge in [-0.15, -0.1) is 0 Å². The number of hydrogen-bond acceptors (Lipinski definition) is 2. The van der Waals surface area contributed by atoms with Gasteiger partial charge in [0, 0.05) is 5.56 Å². The first-order valence-corrected chi connectivity index (χ1v) is 5.59. The summed E-state index contributed by atoms with van der Waals surface area (Å²) in [7, 11) is 0. The number of aryl methyl sites for hydroxylation is 1. The number of carbonyl (C=O) groups is 1. The lowest BCUT2D eigenvalue weighted by Gasteiger charge is -2.12. The molecule has 92 valence electrons. The Labute approximate surface area is 105 Å². The standard InChI is InChI=1S/C15H13FO2/c1-9-6-13(18)15(16)10(2)14(9)12-5-3-4-11(7-12)8-17/h3-8,18H,1-2H3. The Morgan fingerprint density at radius 1 is 1.22 bits per heavy atom. The fourth-order valence-corrected chi connectivity index (χ4v) is 2.15. The summed E-state index contributed by atoms with van der Waals surface area (Å²) in [5.74, 6) is -0.965. The molecule has 0 aliphatic carbocycles. The van der Waals surface area contributed by atoms with E-state index in [1.165, 1.54) is 6.07 Å². The van der Waals surface area contributed by atoms with Gasteiger partial charge in [0.25, 0.3) is 0 Å². The van der Waals surface area contributed by atoms with Gasteiger partial charge in [-0.1, -0.05) is 18.2 Å². The second-order valence-electron chi connectivity index (χ2n) is 4.27. The van der Waals surface area contributed by atoms with Crippen LogP contribution >= 0.6 is 0 Å². The minimum absolute atomic E-state index is 0.347. The highest BCUT2D eigenvalue weighted by Gasteiger charge is 2.14. The molecule has 0 saturated heterocycles. The van der Waals surface area contributed by atoms with Crippen LogP contribution in [0.5, 0.6) is 5.75 Å². The lowest BCUT2D eigenvalue weighted by Crippen LogP contribution is -1.94. The first-order valence-electron chi connectivity index (χ1n) is 5.59. The van der Waals surface area contributed by atoms with Crippen LogP contribution in [-0.4, -0.2) is 11.4 Å². The quantitative estimate of drug-likeness (QED) is 0.819. The average molecular weight is 244 g/mol. The van der Waals surface area contributed by atoms with Crippen molar-refractivity contribution in [3.63, 3.8) is 0 Å². The van der Waals surface area contributed by atoms with Crippen molar-refractivity contribution >= 4 is 6.29 Å². The molecule has 0 atom stereocenters. The molecule has 3 heteroatoms. The summed E-state index contributed by atoms with van der Waals surface area (Å²) in [5, 5.41) is 9.42. The van der Waals surface area contributed by atoms with E-state index in [1.807, 2.05) is 6.07 Å². The number of aldehydes is 1. The highest BCUT2D eigenvalue weighted by Crippen LogP contribution is 2.33. The molecule has 2 aromatic rings. The van der Waals surface area contributed by atoms with Crippen LogP contribution in [0, 0.1) is 19.7 Å². The maximum absolute atomic E-state index is 13.7. The van der Waals surface area contributed by atoms with Crippen LogP contribution in [0.1, 0.15) is 21.5 Å². The Hall–Kier alpha value is -2.16. The molecule has 0 heterocycles. The Balaban J connectivity index is 2.70. The summed E-state index contributed by atoms with van der Waals surface area (Å²) < 4.78 is 13.7. The van der Waals surface area contributed by atoms with E-state index in [1.54, 1.807) is 32.0 Å². The number of rotatable bonds is 2. The normalized spacial score (nSPS) is 10.4. The summed E-state index contributed by atoms with van der Waals surface area (Å²) in [5.41, 5.74) is 3.19. The first-order chi connectivity index (χ1) is 8.54. The zero-order valence-electron chi connectivity index (χ0n) is 10.2. The number of hydrogen-bond donors (Lipinski definition) is 1. The fraction of sp³-hybridized carbons (Fsp3) is 0.133. The van der Waals surface area contributed by atoms with Crippen LogP contribution in [0.15, 0.2) is 30.3 Å². The van der Waals surface area contributed by atoms with E-state index in [4.69, 9.17) is 0 Å². The number of halogens is 1. The van der Waals surface area contributed by atoms with Gasteiger partial charge in [0.05, 0.1) is 0 Å². The highest BCUT2D eigenvalue weighted by molar-refractivity contribution is 5.80. The predicted octanol–water partition coefficient (Wildman–Crippen LogP) is 3.63. The van der Waals surface area contributed by atoms with Crippen molar-refractivity contribution in [3.05, 3.63) is 52.8 Å². The second kappa shape index (κ2) is 4.61. The topological polar surface area (TPSA) is 37.3 Å². The molecule has 2 aromatic carbocycles. The molecule has 0 aliphatic rings. The minimum Gasteiger partial charge on any atom is -0.505 e. The lowest BCUT2D eigenvalue weighted by atomic mass is 9.94. The van der Waals surface area contributed by atoms with E-state index < -0.39 is 5.82 Å². The van der Waals surface area contributed by atoms with E-state index >= 15 is 0 Å². The number of aromatic hydroxyl groups is 1. The Kier molecular flexibility index (Phi) is 3.15. The van der Waals surface area contributed by atoms with Gasteiger partial charge in [0.2, 0.25) is 0 Å². The third kappa shape index (κ3) is 1.99. The van der Waals surface area contributed by atoms with Crippen molar-refractivity contribution in [2.24, 2.45) is 0 Å². The molecule has 0 unspecified atom stereocenters. The van der Waals surface area contributed by atoms with Crippen molar-refractivity contribution in [2.45, 2.75) is 13.8 Å². The van der Waals surface area contributed by atoms with Crippen molar-refractivity contribution < 1.29 is 14.3 Å². The number of phenolic OH excluding ortho intramolecular Hbond substituents is 1. The van der Waals surface area contributed by atoms with E-state index in [0.717, 1.165) is 17.4 Å². The zero-order chi connectivity index (χ0) is 13.3.